The standard InChI is InChI=1S/C23H31NO/c1-5-12-18(13-6-2)21-22(19-16-10-9-11-17-19)24(23(21)25)20(14-7-3)15-8-4/h7-11,14-18,21-22H,3,5-6,12-13H2,1-2,4H3/b15-8-,20-14+. The number of allylic oxidation sites excluding steroid dienone is 4. The zero-order chi connectivity index (χ0) is 18.2. The minimum absolute atomic E-state index is 0.0840. The number of benzene rings is 1. The summed E-state index contributed by atoms with van der Waals surface area (Å²) in [6.45, 7) is 10.2. The third-order valence-corrected chi connectivity index (χ3v) is 5.01. The summed E-state index contributed by atoms with van der Waals surface area (Å²) < 4.78 is 0. The molecule has 1 heterocycles. The zero-order valence-corrected chi connectivity index (χ0v) is 15.8. The Morgan fingerprint density at radius 2 is 1.84 bits per heavy atom. The molecule has 25 heavy (non-hydrogen) atoms. The van der Waals surface area contributed by atoms with Crippen LogP contribution in [0.25, 0.3) is 0 Å². The predicted molar refractivity (Wildman–Crippen MR) is 106 cm³/mol. The second kappa shape index (κ2) is 9.41. The van der Waals surface area contributed by atoms with Gasteiger partial charge in [0.05, 0.1) is 12.0 Å². The van der Waals surface area contributed by atoms with Gasteiger partial charge in [-0.2, -0.15) is 0 Å². The number of hydrogen-bond donors (Lipinski definition) is 0. The first-order valence-corrected chi connectivity index (χ1v) is 9.52. The van der Waals surface area contributed by atoms with Crippen molar-refractivity contribution in [3.8, 4) is 0 Å². The fourth-order valence-corrected chi connectivity index (χ4v) is 4.02. The summed E-state index contributed by atoms with van der Waals surface area (Å²) in [5, 5.41) is 0. The Bertz CT molecular complexity index is 623. The highest BCUT2D eigenvalue weighted by atomic mass is 16.2. The number of carbonyl (C=O) groups is 1. The first kappa shape index (κ1) is 19.2. The average Bonchev–Trinajstić information content (AvgIpc) is 2.61. The first-order chi connectivity index (χ1) is 12.2. The Labute approximate surface area is 152 Å². The van der Waals surface area contributed by atoms with Crippen LogP contribution in [0.3, 0.4) is 0 Å². The van der Waals surface area contributed by atoms with E-state index in [1.807, 2.05) is 36.1 Å². The van der Waals surface area contributed by atoms with Gasteiger partial charge in [0.15, 0.2) is 0 Å². The van der Waals surface area contributed by atoms with Crippen LogP contribution < -0.4 is 0 Å². The van der Waals surface area contributed by atoms with Gasteiger partial charge in [0.2, 0.25) is 5.91 Å². The van der Waals surface area contributed by atoms with E-state index in [-0.39, 0.29) is 17.9 Å². The van der Waals surface area contributed by atoms with Gasteiger partial charge in [-0.1, -0.05) is 75.8 Å². The topological polar surface area (TPSA) is 20.3 Å². The van der Waals surface area contributed by atoms with Crippen LogP contribution in [0.2, 0.25) is 0 Å². The molecule has 0 bridgehead atoms. The van der Waals surface area contributed by atoms with E-state index < -0.39 is 0 Å². The molecule has 1 aromatic rings. The van der Waals surface area contributed by atoms with Crippen molar-refractivity contribution in [2.75, 3.05) is 0 Å². The van der Waals surface area contributed by atoms with E-state index in [2.05, 4.69) is 44.7 Å². The Balaban J connectivity index is 2.42. The highest BCUT2D eigenvalue weighted by Gasteiger charge is 2.51. The third-order valence-electron chi connectivity index (χ3n) is 5.01. The second-order valence-electron chi connectivity index (χ2n) is 6.75. The molecule has 2 atom stereocenters. The number of rotatable bonds is 9. The molecule has 0 radical (unpaired) electrons. The second-order valence-corrected chi connectivity index (χ2v) is 6.75. The molecule has 134 valence electrons. The number of amides is 1. The SMILES string of the molecule is C=C/C=C(\C=C/C)N1C(=O)C(C(CCC)CCC)C1c1ccccc1. The molecule has 2 nitrogen and oxygen atoms in total. The van der Waals surface area contributed by atoms with Crippen molar-refractivity contribution >= 4 is 5.91 Å². The normalized spacial score (nSPS) is 21.0. The van der Waals surface area contributed by atoms with Crippen LogP contribution >= 0.6 is 0 Å². The van der Waals surface area contributed by atoms with E-state index in [1.165, 1.54) is 5.56 Å². The number of carbonyl (C=O) groups excluding carboxylic acids is 1. The van der Waals surface area contributed by atoms with Crippen molar-refractivity contribution < 1.29 is 4.79 Å². The number of β-lactam (4-membered cyclic amide) rings is 1. The molecule has 1 fully saturated rings. The van der Waals surface area contributed by atoms with Crippen LogP contribution in [0.1, 0.15) is 58.1 Å². The molecule has 1 aliphatic heterocycles. The van der Waals surface area contributed by atoms with Crippen molar-refractivity contribution in [2.45, 2.75) is 52.5 Å². The van der Waals surface area contributed by atoms with Gasteiger partial charge in [-0.25, -0.2) is 0 Å². The summed E-state index contributed by atoms with van der Waals surface area (Å²) >= 11 is 0. The average molecular weight is 338 g/mol. The van der Waals surface area contributed by atoms with Crippen molar-refractivity contribution in [3.63, 3.8) is 0 Å². The summed E-state index contributed by atoms with van der Waals surface area (Å²) in [7, 11) is 0. The van der Waals surface area contributed by atoms with Gasteiger partial charge in [0, 0.05) is 5.70 Å². The van der Waals surface area contributed by atoms with Crippen molar-refractivity contribution in [3.05, 3.63) is 72.5 Å². The Morgan fingerprint density at radius 3 is 2.36 bits per heavy atom. The molecule has 0 N–H and O–H groups in total. The molecule has 2 rings (SSSR count). The van der Waals surface area contributed by atoms with Crippen LogP contribution in [0.5, 0.6) is 0 Å². The maximum absolute atomic E-state index is 13.1. The lowest BCUT2D eigenvalue weighted by atomic mass is 9.71. The summed E-state index contributed by atoms with van der Waals surface area (Å²) in [4.78, 5) is 15.1. The summed E-state index contributed by atoms with van der Waals surface area (Å²) in [6, 6.07) is 10.6. The predicted octanol–water partition coefficient (Wildman–Crippen LogP) is 6.05. The number of hydrogen-bond acceptors (Lipinski definition) is 1. The molecule has 0 saturated carbocycles. The minimum atomic E-state index is 0.0840. The summed E-state index contributed by atoms with van der Waals surface area (Å²) in [5.41, 5.74) is 2.16. The quantitative estimate of drug-likeness (QED) is 0.397. The van der Waals surface area contributed by atoms with E-state index in [1.54, 1.807) is 6.08 Å². The van der Waals surface area contributed by atoms with Gasteiger partial charge in [-0.3, -0.25) is 4.79 Å². The van der Waals surface area contributed by atoms with E-state index in [0.717, 1.165) is 31.4 Å². The lowest BCUT2D eigenvalue weighted by Gasteiger charge is -2.51. The molecular formula is C23H31NO. The lowest BCUT2D eigenvalue weighted by Crippen LogP contribution is -2.56. The fraction of sp³-hybridized carbons (Fsp3) is 0.435. The summed E-state index contributed by atoms with van der Waals surface area (Å²) in [5.74, 6) is 0.798. The van der Waals surface area contributed by atoms with Gasteiger partial charge >= 0.3 is 0 Å². The molecule has 1 saturated heterocycles. The zero-order valence-electron chi connectivity index (χ0n) is 15.8. The molecular weight excluding hydrogens is 306 g/mol. The monoisotopic (exact) mass is 337 g/mol. The minimum Gasteiger partial charge on any atom is -0.304 e. The van der Waals surface area contributed by atoms with Crippen LogP contribution in [0.4, 0.5) is 0 Å². The van der Waals surface area contributed by atoms with Crippen LogP contribution in [-0.2, 0) is 4.79 Å². The first-order valence-electron chi connectivity index (χ1n) is 9.52. The Morgan fingerprint density at radius 1 is 1.20 bits per heavy atom. The molecule has 0 aromatic heterocycles. The Hall–Kier alpha value is -2.09. The van der Waals surface area contributed by atoms with E-state index in [9.17, 15) is 4.79 Å². The van der Waals surface area contributed by atoms with Crippen molar-refractivity contribution in [2.24, 2.45) is 11.8 Å². The molecule has 0 aliphatic carbocycles. The van der Waals surface area contributed by atoms with Gasteiger partial charge < -0.3 is 4.90 Å². The van der Waals surface area contributed by atoms with Crippen LogP contribution in [0.15, 0.2) is 66.9 Å². The Kier molecular flexibility index (Phi) is 7.24. The summed E-state index contributed by atoms with van der Waals surface area (Å²) in [6.07, 6.45) is 12.2. The molecule has 1 aromatic carbocycles. The van der Waals surface area contributed by atoms with Gasteiger partial charge in [-0.05, 0) is 43.4 Å². The van der Waals surface area contributed by atoms with Crippen LogP contribution in [-0.4, -0.2) is 10.8 Å². The maximum Gasteiger partial charge on any atom is 0.233 e. The highest BCUT2D eigenvalue weighted by Crippen LogP contribution is 2.48. The van der Waals surface area contributed by atoms with E-state index >= 15 is 0 Å². The molecule has 2 unspecified atom stereocenters. The molecule has 0 spiro atoms. The fourth-order valence-electron chi connectivity index (χ4n) is 4.02. The van der Waals surface area contributed by atoms with Gasteiger partial charge in [-0.15, -0.1) is 0 Å². The van der Waals surface area contributed by atoms with Crippen molar-refractivity contribution in [1.82, 2.24) is 4.90 Å². The van der Waals surface area contributed by atoms with Crippen LogP contribution in [0, 0.1) is 11.8 Å². The smallest absolute Gasteiger partial charge is 0.233 e. The largest absolute Gasteiger partial charge is 0.304 e. The van der Waals surface area contributed by atoms with Gasteiger partial charge in [0.1, 0.15) is 0 Å². The molecule has 2 heteroatoms. The van der Waals surface area contributed by atoms with Crippen molar-refractivity contribution in [1.29, 1.82) is 0 Å². The van der Waals surface area contributed by atoms with Gasteiger partial charge in [0.25, 0.3) is 0 Å². The lowest BCUT2D eigenvalue weighted by molar-refractivity contribution is -0.157. The third kappa shape index (κ3) is 4.12. The number of nitrogens with zero attached hydrogens (tertiary/aromatic N) is 1. The number of likely N-dealkylation sites (tertiary alicyclic amines) is 1. The van der Waals surface area contributed by atoms with E-state index in [0.29, 0.717) is 5.92 Å². The maximum atomic E-state index is 13.1. The molecule has 1 aliphatic rings. The van der Waals surface area contributed by atoms with E-state index in [4.69, 9.17) is 0 Å². The highest BCUT2D eigenvalue weighted by molar-refractivity contribution is 5.89. The molecule has 1 amide bonds.